The smallest absolute Gasteiger partial charge is 0.0322 e. The highest BCUT2D eigenvalue weighted by Gasteiger charge is 2.03. The topological polar surface area (TPSA) is 0 Å². The lowest BCUT2D eigenvalue weighted by molar-refractivity contribution is 0.441. The molecular formula is C17H34. The predicted octanol–water partition coefficient (Wildman–Crippen LogP) is 6.51. The summed E-state index contributed by atoms with van der Waals surface area (Å²) >= 11 is 0. The molecule has 17 heavy (non-hydrogen) atoms. The summed E-state index contributed by atoms with van der Waals surface area (Å²) < 4.78 is 0. The molecule has 0 heteroatoms. The van der Waals surface area contributed by atoms with E-state index in [1.807, 2.05) is 0 Å². The van der Waals surface area contributed by atoms with Crippen molar-refractivity contribution in [3.8, 4) is 0 Å². The van der Waals surface area contributed by atoms with E-state index in [0.717, 1.165) is 5.92 Å². The quantitative estimate of drug-likeness (QED) is 0.268. The fraction of sp³-hybridized carbons (Fsp3) is 0.882. The predicted molar refractivity (Wildman–Crippen MR) is 80.4 cm³/mol. The molecule has 0 aromatic heterocycles. The van der Waals surface area contributed by atoms with E-state index in [0.29, 0.717) is 0 Å². The second-order valence-electron chi connectivity index (χ2n) is 5.30. The van der Waals surface area contributed by atoms with Gasteiger partial charge in [-0.15, -0.1) is 0 Å². The monoisotopic (exact) mass is 238 g/mol. The van der Waals surface area contributed by atoms with Crippen LogP contribution in [0.25, 0.3) is 0 Å². The molecule has 0 nitrogen and oxygen atoms in total. The molecule has 0 amide bonds. The summed E-state index contributed by atoms with van der Waals surface area (Å²) in [6, 6.07) is 0. The van der Waals surface area contributed by atoms with E-state index < -0.39 is 0 Å². The molecule has 0 aliphatic rings. The Balaban J connectivity index is 3.34. The third kappa shape index (κ3) is 12.0. The first-order valence-electron chi connectivity index (χ1n) is 8.00. The molecule has 0 saturated heterocycles. The molecule has 0 rings (SSSR count). The molecule has 1 unspecified atom stereocenters. The van der Waals surface area contributed by atoms with Gasteiger partial charge in [0, 0.05) is 0 Å². The van der Waals surface area contributed by atoms with Crippen LogP contribution in [-0.4, -0.2) is 0 Å². The molecule has 0 heterocycles. The van der Waals surface area contributed by atoms with Gasteiger partial charge < -0.3 is 0 Å². The summed E-state index contributed by atoms with van der Waals surface area (Å²) in [7, 11) is 0. The van der Waals surface area contributed by atoms with Gasteiger partial charge >= 0.3 is 0 Å². The highest BCUT2D eigenvalue weighted by Crippen LogP contribution is 2.18. The van der Waals surface area contributed by atoms with Crippen LogP contribution >= 0.6 is 0 Å². The van der Waals surface area contributed by atoms with E-state index in [2.05, 4.69) is 32.9 Å². The van der Waals surface area contributed by atoms with Crippen LogP contribution in [0.1, 0.15) is 91.4 Å². The van der Waals surface area contributed by atoms with E-state index in [1.165, 1.54) is 70.6 Å². The van der Waals surface area contributed by atoms with Crippen molar-refractivity contribution >= 4 is 0 Å². The van der Waals surface area contributed by atoms with Crippen molar-refractivity contribution in [2.75, 3.05) is 0 Å². The fourth-order valence-corrected chi connectivity index (χ4v) is 2.33. The Labute approximate surface area is 110 Å². The van der Waals surface area contributed by atoms with Crippen LogP contribution in [-0.2, 0) is 0 Å². The normalized spacial score (nSPS) is 13.4. The molecule has 0 fully saturated rings. The van der Waals surface area contributed by atoms with Gasteiger partial charge in [-0.05, 0) is 18.8 Å². The first kappa shape index (κ1) is 16.7. The Morgan fingerprint density at radius 3 is 2.00 bits per heavy atom. The lowest BCUT2D eigenvalue weighted by atomic mass is 9.94. The van der Waals surface area contributed by atoms with Crippen molar-refractivity contribution in [1.29, 1.82) is 0 Å². The van der Waals surface area contributed by atoms with Crippen molar-refractivity contribution < 1.29 is 0 Å². The Morgan fingerprint density at radius 1 is 0.765 bits per heavy atom. The fourth-order valence-electron chi connectivity index (χ4n) is 2.33. The first-order chi connectivity index (χ1) is 8.35. The molecule has 0 spiro atoms. The molecule has 0 aliphatic carbocycles. The third-order valence-corrected chi connectivity index (χ3v) is 3.67. The molecule has 0 bridgehead atoms. The van der Waals surface area contributed by atoms with Gasteiger partial charge in [0.15, 0.2) is 0 Å². The van der Waals surface area contributed by atoms with Gasteiger partial charge in [-0.2, -0.15) is 0 Å². The summed E-state index contributed by atoms with van der Waals surface area (Å²) in [6.07, 6.45) is 20.1. The van der Waals surface area contributed by atoms with Crippen molar-refractivity contribution in [3.63, 3.8) is 0 Å². The summed E-state index contributed by atoms with van der Waals surface area (Å²) in [5.74, 6) is 0.938. The number of hydrogen-bond acceptors (Lipinski definition) is 0. The Morgan fingerprint density at radius 2 is 1.41 bits per heavy atom. The second kappa shape index (κ2) is 13.8. The molecular weight excluding hydrogens is 204 g/mol. The Bertz CT molecular complexity index is 157. The second-order valence-corrected chi connectivity index (χ2v) is 5.30. The first-order valence-corrected chi connectivity index (χ1v) is 8.00. The van der Waals surface area contributed by atoms with Crippen LogP contribution in [0.4, 0.5) is 0 Å². The van der Waals surface area contributed by atoms with E-state index in [4.69, 9.17) is 0 Å². The standard InChI is InChI=1S/C17H34/c1-4-7-9-10-11-12-14-16-17(6-3)15-13-8-5-2/h8,13,17H,4-7,9-12,14-16H2,1-3H3/b13-8+. The van der Waals surface area contributed by atoms with Gasteiger partial charge in [0.2, 0.25) is 0 Å². The molecule has 0 radical (unpaired) electrons. The minimum absolute atomic E-state index is 0.938. The summed E-state index contributed by atoms with van der Waals surface area (Å²) in [4.78, 5) is 0. The van der Waals surface area contributed by atoms with Gasteiger partial charge in [0.05, 0.1) is 0 Å². The van der Waals surface area contributed by atoms with E-state index in [-0.39, 0.29) is 0 Å². The van der Waals surface area contributed by atoms with Gasteiger partial charge in [-0.1, -0.05) is 90.7 Å². The maximum absolute atomic E-state index is 2.38. The van der Waals surface area contributed by atoms with Crippen LogP contribution < -0.4 is 0 Å². The van der Waals surface area contributed by atoms with Crippen LogP contribution in [0, 0.1) is 5.92 Å². The van der Waals surface area contributed by atoms with Gasteiger partial charge in [0.25, 0.3) is 0 Å². The Hall–Kier alpha value is -0.260. The zero-order chi connectivity index (χ0) is 12.8. The highest BCUT2D eigenvalue weighted by atomic mass is 14.1. The number of allylic oxidation sites excluding steroid dienone is 2. The van der Waals surface area contributed by atoms with Crippen LogP contribution in [0.15, 0.2) is 12.2 Å². The SMILES string of the molecule is CC/C=C/CC(CC)CCCCCCCCC. The van der Waals surface area contributed by atoms with Crippen LogP contribution in [0.3, 0.4) is 0 Å². The molecule has 0 aliphatic heterocycles. The third-order valence-electron chi connectivity index (χ3n) is 3.67. The summed E-state index contributed by atoms with van der Waals surface area (Å²) in [6.45, 7) is 6.84. The lowest BCUT2D eigenvalue weighted by Crippen LogP contribution is -1.97. The van der Waals surface area contributed by atoms with Crippen molar-refractivity contribution in [3.05, 3.63) is 12.2 Å². The molecule has 0 aromatic rings. The minimum Gasteiger partial charge on any atom is -0.0888 e. The maximum atomic E-state index is 2.38. The zero-order valence-corrected chi connectivity index (χ0v) is 12.5. The van der Waals surface area contributed by atoms with Gasteiger partial charge in [0.1, 0.15) is 0 Å². The van der Waals surface area contributed by atoms with Crippen LogP contribution in [0.2, 0.25) is 0 Å². The average Bonchev–Trinajstić information content (AvgIpc) is 2.35. The van der Waals surface area contributed by atoms with Crippen molar-refractivity contribution in [2.45, 2.75) is 91.4 Å². The van der Waals surface area contributed by atoms with E-state index in [1.54, 1.807) is 0 Å². The molecule has 102 valence electrons. The Kier molecular flexibility index (Phi) is 13.6. The zero-order valence-electron chi connectivity index (χ0n) is 12.5. The molecule has 0 saturated carbocycles. The van der Waals surface area contributed by atoms with Gasteiger partial charge in [-0.3, -0.25) is 0 Å². The van der Waals surface area contributed by atoms with Crippen molar-refractivity contribution in [1.82, 2.24) is 0 Å². The molecule has 0 N–H and O–H groups in total. The van der Waals surface area contributed by atoms with E-state index >= 15 is 0 Å². The highest BCUT2D eigenvalue weighted by molar-refractivity contribution is 4.82. The minimum atomic E-state index is 0.938. The number of hydrogen-bond donors (Lipinski definition) is 0. The summed E-state index contributed by atoms with van der Waals surface area (Å²) in [5.41, 5.74) is 0. The largest absolute Gasteiger partial charge is 0.0888 e. The maximum Gasteiger partial charge on any atom is -0.0322 e. The average molecular weight is 238 g/mol. The molecule has 1 atom stereocenters. The van der Waals surface area contributed by atoms with E-state index in [9.17, 15) is 0 Å². The number of rotatable bonds is 12. The van der Waals surface area contributed by atoms with Crippen molar-refractivity contribution in [2.24, 2.45) is 5.92 Å². The van der Waals surface area contributed by atoms with Gasteiger partial charge in [-0.25, -0.2) is 0 Å². The summed E-state index contributed by atoms with van der Waals surface area (Å²) in [5, 5.41) is 0. The lowest BCUT2D eigenvalue weighted by Gasteiger charge is -2.12. The number of unbranched alkanes of at least 4 members (excludes halogenated alkanes) is 6. The van der Waals surface area contributed by atoms with Crippen LogP contribution in [0.5, 0.6) is 0 Å². The molecule has 0 aromatic carbocycles.